The van der Waals surface area contributed by atoms with Crippen molar-refractivity contribution in [3.8, 4) is 6.07 Å². The first-order chi connectivity index (χ1) is 11.6. The lowest BCUT2D eigenvalue weighted by atomic mass is 9.93. The molecule has 3 aromatic rings. The van der Waals surface area contributed by atoms with E-state index in [2.05, 4.69) is 54.6 Å². The number of hydrogen-bond acceptors (Lipinski definition) is 2. The Bertz CT molecular complexity index is 899. The molecule has 0 aliphatic heterocycles. The van der Waals surface area contributed by atoms with Gasteiger partial charge in [-0.2, -0.15) is 5.26 Å². The fraction of sp³-hybridized carbons (Fsp3) is 0.238. The largest absolute Gasteiger partial charge is 0.330 e. The molecule has 0 amide bonds. The van der Waals surface area contributed by atoms with Gasteiger partial charge in [-0.25, -0.2) is 4.98 Å². The van der Waals surface area contributed by atoms with Crippen molar-refractivity contribution in [2.45, 2.75) is 33.2 Å². The highest BCUT2D eigenvalue weighted by Crippen LogP contribution is 2.27. The number of nitrogens with zero attached hydrogens (tertiary/aromatic N) is 3. The van der Waals surface area contributed by atoms with Gasteiger partial charge in [0.2, 0.25) is 0 Å². The first kappa shape index (κ1) is 16.0. The van der Waals surface area contributed by atoms with Crippen molar-refractivity contribution in [2.24, 2.45) is 0 Å². The normalized spacial score (nSPS) is 11.9. The molecule has 0 radical (unpaired) electrons. The first-order valence-corrected chi connectivity index (χ1v) is 8.16. The van der Waals surface area contributed by atoms with E-state index in [1.165, 1.54) is 16.7 Å². The van der Waals surface area contributed by atoms with E-state index in [0.717, 1.165) is 17.9 Å². The molecule has 0 N–H and O–H groups in total. The van der Waals surface area contributed by atoms with Crippen LogP contribution in [0.5, 0.6) is 0 Å². The molecule has 3 rings (SSSR count). The Kier molecular flexibility index (Phi) is 4.48. The van der Waals surface area contributed by atoms with Crippen LogP contribution in [0, 0.1) is 25.2 Å². The molecule has 0 saturated carbocycles. The van der Waals surface area contributed by atoms with Crippen LogP contribution in [0.15, 0.2) is 54.9 Å². The lowest BCUT2D eigenvalue weighted by molar-refractivity contribution is 0.687. The van der Waals surface area contributed by atoms with Gasteiger partial charge in [0.05, 0.1) is 11.6 Å². The minimum atomic E-state index is 0.221. The molecule has 3 heteroatoms. The Balaban J connectivity index is 1.92. The maximum atomic E-state index is 9.07. The number of hydrogen-bond donors (Lipinski definition) is 0. The van der Waals surface area contributed by atoms with Gasteiger partial charge in [0.1, 0.15) is 5.82 Å². The van der Waals surface area contributed by atoms with E-state index < -0.39 is 0 Å². The summed E-state index contributed by atoms with van der Waals surface area (Å²) in [5.74, 6) is 1.27. The summed E-state index contributed by atoms with van der Waals surface area (Å²) >= 11 is 0. The molecular weight excluding hydrogens is 294 g/mol. The van der Waals surface area contributed by atoms with E-state index in [9.17, 15) is 0 Å². The van der Waals surface area contributed by atoms with Crippen molar-refractivity contribution in [1.29, 1.82) is 5.26 Å². The van der Waals surface area contributed by atoms with Gasteiger partial charge >= 0.3 is 0 Å². The molecule has 1 aromatic heterocycles. The summed E-state index contributed by atoms with van der Waals surface area (Å²) in [6, 6.07) is 16.4. The van der Waals surface area contributed by atoms with E-state index in [1.54, 1.807) is 0 Å². The third-order valence-corrected chi connectivity index (χ3v) is 4.66. The molecule has 0 unspecified atom stereocenters. The van der Waals surface area contributed by atoms with Gasteiger partial charge in [-0.1, -0.05) is 37.3 Å². The van der Waals surface area contributed by atoms with Crippen LogP contribution >= 0.6 is 0 Å². The second kappa shape index (κ2) is 6.72. The van der Waals surface area contributed by atoms with Crippen molar-refractivity contribution < 1.29 is 0 Å². The molecule has 3 nitrogen and oxygen atoms in total. The van der Waals surface area contributed by atoms with Gasteiger partial charge in [-0.05, 0) is 48.2 Å². The van der Waals surface area contributed by atoms with Crippen molar-refractivity contribution in [3.63, 3.8) is 0 Å². The lowest BCUT2D eigenvalue weighted by Gasteiger charge is -2.18. The van der Waals surface area contributed by atoms with E-state index in [-0.39, 0.29) is 5.92 Å². The Morgan fingerprint density at radius 2 is 1.96 bits per heavy atom. The minimum absolute atomic E-state index is 0.221. The van der Waals surface area contributed by atoms with Crippen molar-refractivity contribution in [2.75, 3.05) is 0 Å². The molecule has 0 aliphatic carbocycles. The topological polar surface area (TPSA) is 41.6 Å². The van der Waals surface area contributed by atoms with E-state index in [0.29, 0.717) is 5.56 Å². The van der Waals surface area contributed by atoms with Crippen molar-refractivity contribution in [3.05, 3.63) is 88.5 Å². The summed E-state index contributed by atoms with van der Waals surface area (Å²) in [6.45, 7) is 7.24. The maximum Gasteiger partial charge on any atom is 0.116 e. The van der Waals surface area contributed by atoms with Gasteiger partial charge in [0, 0.05) is 24.9 Å². The Labute approximate surface area is 143 Å². The number of aryl methyl sites for hydroxylation is 1. The van der Waals surface area contributed by atoms with Crippen LogP contribution in [-0.4, -0.2) is 9.55 Å². The summed E-state index contributed by atoms with van der Waals surface area (Å²) < 4.78 is 2.17. The van der Waals surface area contributed by atoms with Gasteiger partial charge < -0.3 is 4.57 Å². The number of imidazole rings is 1. The predicted octanol–water partition coefficient (Wildman–Crippen LogP) is 4.57. The zero-order valence-corrected chi connectivity index (χ0v) is 14.3. The highest BCUT2D eigenvalue weighted by Gasteiger charge is 2.17. The molecule has 1 atom stereocenters. The van der Waals surface area contributed by atoms with Gasteiger partial charge in [0.15, 0.2) is 0 Å². The van der Waals surface area contributed by atoms with Crippen molar-refractivity contribution >= 4 is 0 Å². The van der Waals surface area contributed by atoms with Gasteiger partial charge in [0.25, 0.3) is 0 Å². The van der Waals surface area contributed by atoms with Gasteiger partial charge in [-0.15, -0.1) is 0 Å². The monoisotopic (exact) mass is 315 g/mol. The predicted molar refractivity (Wildman–Crippen MR) is 95.9 cm³/mol. The Hall–Kier alpha value is -2.86. The molecule has 0 aliphatic rings. The van der Waals surface area contributed by atoms with Crippen LogP contribution in [0.4, 0.5) is 0 Å². The third-order valence-electron chi connectivity index (χ3n) is 4.66. The summed E-state index contributed by atoms with van der Waals surface area (Å²) in [6.07, 6.45) is 3.86. The molecule has 0 spiro atoms. The average Bonchev–Trinajstić information content (AvgIpc) is 3.05. The molecule has 2 aromatic carbocycles. The van der Waals surface area contributed by atoms with Crippen LogP contribution in [0.25, 0.3) is 0 Å². The fourth-order valence-electron chi connectivity index (χ4n) is 3.15. The smallest absolute Gasteiger partial charge is 0.116 e. The van der Waals surface area contributed by atoms with E-state index in [4.69, 9.17) is 5.26 Å². The van der Waals surface area contributed by atoms with Crippen LogP contribution < -0.4 is 0 Å². The highest BCUT2D eigenvalue weighted by molar-refractivity contribution is 5.38. The Morgan fingerprint density at radius 3 is 2.75 bits per heavy atom. The number of rotatable bonds is 4. The molecule has 0 saturated heterocycles. The first-order valence-electron chi connectivity index (χ1n) is 8.16. The fourth-order valence-corrected chi connectivity index (χ4v) is 3.15. The second-order valence-corrected chi connectivity index (χ2v) is 6.24. The summed E-state index contributed by atoms with van der Waals surface area (Å²) in [5, 5.41) is 9.07. The summed E-state index contributed by atoms with van der Waals surface area (Å²) in [4.78, 5) is 4.60. The quantitative estimate of drug-likeness (QED) is 0.707. The number of aromatic nitrogens is 2. The lowest BCUT2D eigenvalue weighted by Crippen LogP contribution is -2.10. The summed E-state index contributed by atoms with van der Waals surface area (Å²) in [7, 11) is 0. The Morgan fingerprint density at radius 1 is 1.17 bits per heavy atom. The molecule has 120 valence electrons. The number of benzene rings is 2. The molecule has 1 heterocycles. The maximum absolute atomic E-state index is 9.07. The average molecular weight is 315 g/mol. The SMILES string of the molecule is Cc1cccc([C@H](C)c2nccn2Cc2cccc(C#N)c2)c1C. The standard InChI is InChI=1S/C21H21N3/c1-15-6-4-9-20(16(15)2)17(3)21-23-10-11-24(21)14-19-8-5-7-18(12-19)13-22/h4-12,17H,14H2,1-3H3/t17-/m0/s1. The van der Waals surface area contributed by atoms with Gasteiger partial charge in [-0.3, -0.25) is 0 Å². The zero-order chi connectivity index (χ0) is 17.1. The van der Waals surface area contributed by atoms with Crippen molar-refractivity contribution in [1.82, 2.24) is 9.55 Å². The highest BCUT2D eigenvalue weighted by atomic mass is 15.1. The van der Waals surface area contributed by atoms with Crippen LogP contribution in [0.2, 0.25) is 0 Å². The van der Waals surface area contributed by atoms with Crippen LogP contribution in [-0.2, 0) is 6.54 Å². The molecular formula is C21H21N3. The third kappa shape index (κ3) is 3.09. The van der Waals surface area contributed by atoms with E-state index >= 15 is 0 Å². The summed E-state index contributed by atoms with van der Waals surface area (Å²) in [5.41, 5.74) is 5.75. The zero-order valence-electron chi connectivity index (χ0n) is 14.3. The van der Waals surface area contributed by atoms with E-state index in [1.807, 2.05) is 36.7 Å². The molecule has 0 bridgehead atoms. The molecule has 24 heavy (non-hydrogen) atoms. The minimum Gasteiger partial charge on any atom is -0.330 e. The number of nitriles is 1. The molecule has 0 fully saturated rings. The van der Waals surface area contributed by atoms with Crippen LogP contribution in [0.3, 0.4) is 0 Å². The second-order valence-electron chi connectivity index (χ2n) is 6.24. The van der Waals surface area contributed by atoms with Crippen LogP contribution in [0.1, 0.15) is 46.5 Å².